The molecule has 1 saturated heterocycles. The largest absolute Gasteiger partial charge is 0.340 e. The van der Waals surface area contributed by atoms with Crippen molar-refractivity contribution in [2.45, 2.75) is 26.3 Å². The second-order valence-electron chi connectivity index (χ2n) is 6.66. The normalized spacial score (nSPS) is 17.5. The predicted molar refractivity (Wildman–Crippen MR) is 91.2 cm³/mol. The Hall–Kier alpha value is -1.95. The summed E-state index contributed by atoms with van der Waals surface area (Å²) < 4.78 is 13.8. The van der Waals surface area contributed by atoms with Crippen molar-refractivity contribution < 1.29 is 14.0 Å². The molecule has 1 aliphatic rings. The van der Waals surface area contributed by atoms with Gasteiger partial charge in [0.15, 0.2) is 0 Å². The highest BCUT2D eigenvalue weighted by atomic mass is 19.1. The molecule has 0 aliphatic carbocycles. The van der Waals surface area contributed by atoms with Gasteiger partial charge in [0.2, 0.25) is 5.91 Å². The molecule has 1 aromatic rings. The van der Waals surface area contributed by atoms with E-state index >= 15 is 0 Å². The van der Waals surface area contributed by atoms with Crippen molar-refractivity contribution in [3.8, 4) is 0 Å². The Kier molecular flexibility index (Phi) is 6.31. The van der Waals surface area contributed by atoms with Gasteiger partial charge in [-0.1, -0.05) is 26.0 Å². The lowest BCUT2D eigenvalue weighted by molar-refractivity contribution is -0.134. The average molecular weight is 335 g/mol. The van der Waals surface area contributed by atoms with Crippen LogP contribution in [0.25, 0.3) is 0 Å². The Morgan fingerprint density at radius 2 is 1.83 bits per heavy atom. The smallest absolute Gasteiger partial charge is 0.254 e. The van der Waals surface area contributed by atoms with Crippen molar-refractivity contribution in [1.82, 2.24) is 15.1 Å². The van der Waals surface area contributed by atoms with Crippen molar-refractivity contribution in [2.24, 2.45) is 5.92 Å². The maximum atomic E-state index is 13.8. The SMILES string of the molecule is CC(C)C(NC(=O)c1ccccc1F)C(=O)N1CCCN(C)CC1. The fraction of sp³-hybridized carbons (Fsp3) is 0.556. The highest BCUT2D eigenvalue weighted by Crippen LogP contribution is 2.12. The van der Waals surface area contributed by atoms with Crippen LogP contribution in [-0.4, -0.2) is 60.9 Å². The first-order valence-corrected chi connectivity index (χ1v) is 8.43. The summed E-state index contributed by atoms with van der Waals surface area (Å²) in [7, 11) is 2.04. The van der Waals surface area contributed by atoms with Crippen molar-refractivity contribution in [3.05, 3.63) is 35.6 Å². The van der Waals surface area contributed by atoms with Gasteiger partial charge in [0.05, 0.1) is 5.56 Å². The summed E-state index contributed by atoms with van der Waals surface area (Å²) in [6.07, 6.45) is 0.911. The Morgan fingerprint density at radius 3 is 2.50 bits per heavy atom. The number of rotatable bonds is 4. The van der Waals surface area contributed by atoms with Crippen molar-refractivity contribution >= 4 is 11.8 Å². The van der Waals surface area contributed by atoms with E-state index in [1.165, 1.54) is 18.2 Å². The van der Waals surface area contributed by atoms with Gasteiger partial charge in [-0.15, -0.1) is 0 Å². The highest BCUT2D eigenvalue weighted by Gasteiger charge is 2.30. The number of hydrogen-bond donors (Lipinski definition) is 1. The molecule has 5 nitrogen and oxygen atoms in total. The van der Waals surface area contributed by atoms with E-state index < -0.39 is 17.8 Å². The van der Waals surface area contributed by atoms with Crippen LogP contribution in [0.3, 0.4) is 0 Å². The van der Waals surface area contributed by atoms with Crippen LogP contribution < -0.4 is 5.32 Å². The molecule has 0 aromatic heterocycles. The summed E-state index contributed by atoms with van der Waals surface area (Å²) in [4.78, 5) is 29.2. The number of carbonyl (C=O) groups is 2. The van der Waals surface area contributed by atoms with Gasteiger partial charge in [-0.2, -0.15) is 0 Å². The van der Waals surface area contributed by atoms with E-state index in [9.17, 15) is 14.0 Å². The number of nitrogens with one attached hydrogen (secondary N) is 1. The molecule has 0 saturated carbocycles. The van der Waals surface area contributed by atoms with E-state index in [1.807, 2.05) is 20.9 Å². The van der Waals surface area contributed by atoms with Crippen LogP contribution in [0, 0.1) is 11.7 Å². The quantitative estimate of drug-likeness (QED) is 0.912. The molecule has 0 bridgehead atoms. The molecule has 0 radical (unpaired) electrons. The molecule has 1 unspecified atom stereocenters. The molecular formula is C18H26FN3O2. The average Bonchev–Trinajstić information content (AvgIpc) is 2.76. The van der Waals surface area contributed by atoms with Gasteiger partial charge < -0.3 is 15.1 Å². The number of hydrogen-bond acceptors (Lipinski definition) is 3. The van der Waals surface area contributed by atoms with Gasteiger partial charge in [0, 0.05) is 19.6 Å². The van der Waals surface area contributed by atoms with Gasteiger partial charge in [0.25, 0.3) is 5.91 Å². The second kappa shape index (κ2) is 8.24. The molecule has 1 fully saturated rings. The Bertz CT molecular complexity index is 591. The molecule has 1 heterocycles. The fourth-order valence-electron chi connectivity index (χ4n) is 2.84. The molecule has 6 heteroatoms. The summed E-state index contributed by atoms with van der Waals surface area (Å²) in [5, 5.41) is 2.72. The molecule has 2 amide bonds. The molecule has 1 aromatic carbocycles. The topological polar surface area (TPSA) is 52.7 Å². The predicted octanol–water partition coefficient (Wildman–Crippen LogP) is 1.74. The minimum atomic E-state index is -0.652. The first-order chi connectivity index (χ1) is 11.4. The van der Waals surface area contributed by atoms with E-state index in [4.69, 9.17) is 0 Å². The van der Waals surface area contributed by atoms with E-state index in [0.29, 0.717) is 13.1 Å². The number of halogens is 1. The zero-order valence-corrected chi connectivity index (χ0v) is 14.6. The second-order valence-corrected chi connectivity index (χ2v) is 6.66. The Morgan fingerprint density at radius 1 is 1.12 bits per heavy atom. The van der Waals surface area contributed by atoms with Crippen molar-refractivity contribution in [1.29, 1.82) is 0 Å². The zero-order valence-electron chi connectivity index (χ0n) is 14.6. The lowest BCUT2D eigenvalue weighted by Crippen LogP contribution is -2.52. The first-order valence-electron chi connectivity index (χ1n) is 8.43. The minimum absolute atomic E-state index is 0.0356. The van der Waals surface area contributed by atoms with Gasteiger partial charge in [-0.3, -0.25) is 9.59 Å². The van der Waals surface area contributed by atoms with Crippen LogP contribution in [0.1, 0.15) is 30.6 Å². The summed E-state index contributed by atoms with van der Waals surface area (Å²) in [5.74, 6) is -1.30. The first kappa shape index (κ1) is 18.4. The third-order valence-electron chi connectivity index (χ3n) is 4.37. The fourth-order valence-corrected chi connectivity index (χ4v) is 2.84. The van der Waals surface area contributed by atoms with E-state index in [1.54, 1.807) is 11.0 Å². The molecule has 2 rings (SSSR count). The maximum absolute atomic E-state index is 13.8. The summed E-state index contributed by atoms with van der Waals surface area (Å²) in [6, 6.07) is 5.15. The minimum Gasteiger partial charge on any atom is -0.340 e. The van der Waals surface area contributed by atoms with Gasteiger partial charge in [-0.25, -0.2) is 4.39 Å². The van der Waals surface area contributed by atoms with E-state index in [0.717, 1.165) is 19.5 Å². The lowest BCUT2D eigenvalue weighted by Gasteiger charge is -2.29. The molecule has 0 spiro atoms. The lowest BCUT2D eigenvalue weighted by atomic mass is 10.0. The molecule has 1 atom stereocenters. The summed E-state index contributed by atoms with van der Waals surface area (Å²) >= 11 is 0. The Labute approximate surface area is 142 Å². The summed E-state index contributed by atoms with van der Waals surface area (Å²) in [6.45, 7) is 6.87. The van der Waals surface area contributed by atoms with Crippen molar-refractivity contribution in [2.75, 3.05) is 33.2 Å². The monoisotopic (exact) mass is 335 g/mol. The van der Waals surface area contributed by atoms with Gasteiger partial charge in [0.1, 0.15) is 11.9 Å². The van der Waals surface area contributed by atoms with Crippen LogP contribution in [0.5, 0.6) is 0 Å². The standard InChI is InChI=1S/C18H26FN3O2/c1-13(2)16(18(24)22-10-6-9-21(3)11-12-22)20-17(23)14-7-4-5-8-15(14)19/h4-5,7-8,13,16H,6,9-12H2,1-3H3,(H,20,23). The van der Waals surface area contributed by atoms with Crippen LogP contribution in [0.4, 0.5) is 4.39 Å². The molecule has 1 aliphatic heterocycles. The number of nitrogens with zero attached hydrogens (tertiary/aromatic N) is 2. The van der Waals surface area contributed by atoms with Crippen LogP contribution in [0.15, 0.2) is 24.3 Å². The van der Waals surface area contributed by atoms with Gasteiger partial charge >= 0.3 is 0 Å². The third kappa shape index (κ3) is 4.54. The Balaban J connectivity index is 2.10. The number of amides is 2. The number of likely N-dealkylation sites (N-methyl/N-ethyl adjacent to an activating group) is 1. The van der Waals surface area contributed by atoms with Crippen LogP contribution in [0.2, 0.25) is 0 Å². The van der Waals surface area contributed by atoms with Crippen LogP contribution in [-0.2, 0) is 4.79 Å². The van der Waals surface area contributed by atoms with E-state index in [-0.39, 0.29) is 17.4 Å². The highest BCUT2D eigenvalue weighted by molar-refractivity contribution is 5.97. The number of carbonyl (C=O) groups excluding carboxylic acids is 2. The molecular weight excluding hydrogens is 309 g/mol. The van der Waals surface area contributed by atoms with Gasteiger partial charge in [-0.05, 0) is 38.1 Å². The van der Waals surface area contributed by atoms with Crippen LogP contribution >= 0.6 is 0 Å². The number of benzene rings is 1. The van der Waals surface area contributed by atoms with E-state index in [2.05, 4.69) is 10.2 Å². The molecule has 1 N–H and O–H groups in total. The van der Waals surface area contributed by atoms with Crippen molar-refractivity contribution in [3.63, 3.8) is 0 Å². The summed E-state index contributed by atoms with van der Waals surface area (Å²) in [5.41, 5.74) is -0.0356. The third-order valence-corrected chi connectivity index (χ3v) is 4.37. The zero-order chi connectivity index (χ0) is 17.7. The maximum Gasteiger partial charge on any atom is 0.254 e. The molecule has 24 heavy (non-hydrogen) atoms. The molecule has 132 valence electrons.